The first-order valence-corrected chi connectivity index (χ1v) is 10.7. The first kappa shape index (κ1) is 31.6. The molecule has 2 heterocycles. The molecule has 0 spiro atoms. The van der Waals surface area contributed by atoms with E-state index in [0.717, 1.165) is 29.3 Å². The van der Waals surface area contributed by atoms with E-state index in [9.17, 15) is 0 Å². The van der Waals surface area contributed by atoms with E-state index < -0.39 is 0 Å². The molecular weight excluding hydrogens is 328 g/mol. The summed E-state index contributed by atoms with van der Waals surface area (Å²) >= 11 is 0. The number of hydrogen-bond donors (Lipinski definition) is 0. The Morgan fingerprint density at radius 1 is 0.889 bits per heavy atom. The molecule has 2 aliphatic carbocycles. The molecule has 2 heteroatoms. The lowest BCUT2D eigenvalue weighted by molar-refractivity contribution is 0.550. The minimum absolute atomic E-state index is 0. The van der Waals surface area contributed by atoms with Gasteiger partial charge in [-0.3, -0.25) is 4.90 Å². The molecule has 0 bridgehead atoms. The molecule has 6 atom stereocenters. The topological polar surface area (TPSA) is 6.02 Å². The van der Waals surface area contributed by atoms with Gasteiger partial charge in [0.2, 0.25) is 0 Å². The number of rotatable bonds is 4. The van der Waals surface area contributed by atoms with Crippen LogP contribution in [0.2, 0.25) is 0 Å². The average molecular weight is 387 g/mol. The summed E-state index contributed by atoms with van der Waals surface area (Å²) < 4.78 is 0. The minimum Gasteiger partial charge on any atom is -0.301 e. The van der Waals surface area contributed by atoms with E-state index in [2.05, 4.69) is 65.3 Å². The van der Waals surface area contributed by atoms with E-state index in [-0.39, 0.29) is 22.3 Å². The summed E-state index contributed by atoms with van der Waals surface area (Å²) in [5.74, 6) is 2.17. The van der Waals surface area contributed by atoms with Crippen molar-refractivity contribution in [2.45, 2.75) is 121 Å². The molecule has 0 radical (unpaired) electrons. The van der Waals surface area contributed by atoms with Gasteiger partial charge in [-0.05, 0) is 63.5 Å². The van der Waals surface area contributed by atoms with Crippen molar-refractivity contribution in [2.75, 3.05) is 26.7 Å². The van der Waals surface area contributed by atoms with E-state index in [1.54, 1.807) is 0 Å². The van der Waals surface area contributed by atoms with E-state index in [1.807, 2.05) is 0 Å². The van der Waals surface area contributed by atoms with Crippen LogP contribution < -0.4 is 0 Å². The Kier molecular flexibility index (Phi) is 17.4. The van der Waals surface area contributed by atoms with Gasteiger partial charge in [-0.2, -0.15) is 0 Å². The second-order valence-electron chi connectivity index (χ2n) is 8.98. The summed E-state index contributed by atoms with van der Waals surface area (Å²) in [6.07, 6.45) is 8.56. The van der Waals surface area contributed by atoms with Crippen molar-refractivity contribution in [3.05, 3.63) is 0 Å². The first-order chi connectivity index (χ1) is 11.3. The van der Waals surface area contributed by atoms with Gasteiger partial charge in [-0.15, -0.1) is 0 Å². The van der Waals surface area contributed by atoms with Gasteiger partial charge >= 0.3 is 0 Å². The molecule has 2 aliphatic heterocycles. The Labute approximate surface area is 175 Å². The summed E-state index contributed by atoms with van der Waals surface area (Å²) in [6, 6.07) is 1.83. The molecule has 0 aromatic rings. The Morgan fingerprint density at radius 2 is 1.33 bits per heavy atom. The SMILES string of the molecule is C.C.C.CCC1(C)CC1.CCC1CC1C.CCC1CN1C.CCN1CC1C. The molecule has 6 unspecified atom stereocenters. The predicted octanol–water partition coefficient (Wildman–Crippen LogP) is 7.58. The Hall–Kier alpha value is -0.0800. The molecular formula is C25H58N2. The summed E-state index contributed by atoms with van der Waals surface area (Å²) in [4.78, 5) is 4.76. The second kappa shape index (κ2) is 14.9. The average Bonchev–Trinajstić information content (AvgIpc) is 3.38. The second-order valence-corrected chi connectivity index (χ2v) is 8.98. The summed E-state index contributed by atoms with van der Waals surface area (Å²) in [5, 5.41) is 0. The predicted molar refractivity (Wildman–Crippen MR) is 129 cm³/mol. The van der Waals surface area contributed by atoms with Crippen LogP contribution in [0, 0.1) is 17.3 Å². The molecule has 27 heavy (non-hydrogen) atoms. The molecule has 4 rings (SSSR count). The standard InChI is InChI=1S/2C6H12.2C5H11N.3CH4/c1-3-6(2)4-5-6;1-3-6-4-5(6)2;1-3-5-4-6(5)2;1-3-6-4-5(6)2;;;/h3-5H2,1-2H3;5-6H,3-4H2,1-2H3;2*5H,3-4H2,1-2H3;3*1H4. The van der Waals surface area contributed by atoms with Crippen LogP contribution in [0.3, 0.4) is 0 Å². The maximum absolute atomic E-state index is 2.42. The van der Waals surface area contributed by atoms with Crippen molar-refractivity contribution < 1.29 is 0 Å². The van der Waals surface area contributed by atoms with E-state index in [4.69, 9.17) is 0 Å². The van der Waals surface area contributed by atoms with Gasteiger partial charge < -0.3 is 4.90 Å². The van der Waals surface area contributed by atoms with Crippen LogP contribution >= 0.6 is 0 Å². The molecule has 0 aromatic carbocycles. The van der Waals surface area contributed by atoms with Crippen LogP contribution in [0.25, 0.3) is 0 Å². The third-order valence-corrected chi connectivity index (χ3v) is 6.61. The molecule has 2 saturated carbocycles. The molecule has 4 fully saturated rings. The quantitative estimate of drug-likeness (QED) is 0.459. The van der Waals surface area contributed by atoms with Crippen molar-refractivity contribution in [3.63, 3.8) is 0 Å². The Balaban J connectivity index is -0.000000274. The normalized spacial score (nSPS) is 34.7. The zero-order chi connectivity index (χ0) is 18.3. The third-order valence-electron chi connectivity index (χ3n) is 6.61. The number of likely N-dealkylation sites (N-methyl/N-ethyl adjacent to an activating group) is 2. The molecule has 2 saturated heterocycles. The highest BCUT2D eigenvalue weighted by atomic mass is 15.3. The lowest BCUT2D eigenvalue weighted by Crippen LogP contribution is -1.95. The van der Waals surface area contributed by atoms with Gasteiger partial charge in [-0.25, -0.2) is 0 Å². The molecule has 168 valence electrons. The van der Waals surface area contributed by atoms with Crippen LogP contribution in [-0.4, -0.2) is 48.6 Å². The molecule has 0 N–H and O–H groups in total. The van der Waals surface area contributed by atoms with E-state index >= 15 is 0 Å². The largest absolute Gasteiger partial charge is 0.301 e. The van der Waals surface area contributed by atoms with Gasteiger partial charge in [0, 0.05) is 25.2 Å². The smallest absolute Gasteiger partial charge is 0.0218 e. The molecule has 2 nitrogen and oxygen atoms in total. The zero-order valence-corrected chi connectivity index (χ0v) is 18.1. The fourth-order valence-electron chi connectivity index (χ4n) is 2.99. The molecule has 0 amide bonds. The van der Waals surface area contributed by atoms with Crippen molar-refractivity contribution in [1.29, 1.82) is 0 Å². The molecule has 0 aromatic heterocycles. The van der Waals surface area contributed by atoms with Crippen LogP contribution in [0.4, 0.5) is 0 Å². The fourth-order valence-corrected chi connectivity index (χ4v) is 2.99. The first-order valence-electron chi connectivity index (χ1n) is 10.7. The summed E-state index contributed by atoms with van der Waals surface area (Å²) in [7, 11) is 2.16. The fraction of sp³-hybridized carbons (Fsp3) is 1.00. The van der Waals surface area contributed by atoms with Crippen LogP contribution in [-0.2, 0) is 0 Å². The van der Waals surface area contributed by atoms with Crippen molar-refractivity contribution in [1.82, 2.24) is 9.80 Å². The Morgan fingerprint density at radius 3 is 1.33 bits per heavy atom. The van der Waals surface area contributed by atoms with E-state index in [1.165, 1.54) is 58.2 Å². The van der Waals surface area contributed by atoms with Gasteiger partial charge in [0.25, 0.3) is 0 Å². The van der Waals surface area contributed by atoms with Crippen LogP contribution in [0.1, 0.15) is 109 Å². The van der Waals surface area contributed by atoms with Crippen molar-refractivity contribution in [2.24, 2.45) is 17.3 Å². The Bertz CT molecular complexity index is 293. The lowest BCUT2D eigenvalue weighted by Gasteiger charge is -1.96. The summed E-state index contributed by atoms with van der Waals surface area (Å²) in [6.45, 7) is 19.8. The zero-order valence-electron chi connectivity index (χ0n) is 18.1. The summed E-state index contributed by atoms with van der Waals surface area (Å²) in [5.41, 5.74) is 0.792. The lowest BCUT2D eigenvalue weighted by atomic mass is 10.1. The maximum atomic E-state index is 2.42. The monoisotopic (exact) mass is 386 g/mol. The number of hydrogen-bond acceptors (Lipinski definition) is 2. The molecule has 4 aliphatic rings. The van der Waals surface area contributed by atoms with E-state index in [0.29, 0.717) is 0 Å². The van der Waals surface area contributed by atoms with Crippen LogP contribution in [0.15, 0.2) is 0 Å². The van der Waals surface area contributed by atoms with Gasteiger partial charge in [-0.1, -0.05) is 76.7 Å². The van der Waals surface area contributed by atoms with Crippen LogP contribution in [0.5, 0.6) is 0 Å². The van der Waals surface area contributed by atoms with Gasteiger partial charge in [0.05, 0.1) is 0 Å². The van der Waals surface area contributed by atoms with Gasteiger partial charge in [0.1, 0.15) is 0 Å². The number of nitrogens with zero attached hydrogens (tertiary/aromatic N) is 2. The third kappa shape index (κ3) is 14.6. The highest BCUT2D eigenvalue weighted by molar-refractivity contribution is 4.86. The van der Waals surface area contributed by atoms with Crippen molar-refractivity contribution in [3.8, 4) is 0 Å². The minimum atomic E-state index is 0. The highest BCUT2D eigenvalue weighted by Crippen LogP contribution is 2.47. The maximum Gasteiger partial charge on any atom is 0.0218 e. The van der Waals surface area contributed by atoms with Crippen molar-refractivity contribution >= 4 is 0 Å². The van der Waals surface area contributed by atoms with Gasteiger partial charge in [0.15, 0.2) is 0 Å². The highest BCUT2D eigenvalue weighted by Gasteiger charge is 2.34.